The molecule has 10 heteroatoms. The maximum Gasteiger partial charge on any atom is 0.472 e. The Morgan fingerprint density at radius 3 is 1.54 bits per heavy atom. The molecular formula is C46H83NO8P+. The van der Waals surface area contributed by atoms with Gasteiger partial charge in [-0.25, -0.2) is 4.57 Å². The second kappa shape index (κ2) is 38.2. The Labute approximate surface area is 343 Å². The van der Waals surface area contributed by atoms with E-state index in [1.165, 1.54) is 57.8 Å². The van der Waals surface area contributed by atoms with Gasteiger partial charge in [-0.15, -0.1) is 0 Å². The fourth-order valence-electron chi connectivity index (χ4n) is 5.53. The highest BCUT2D eigenvalue weighted by atomic mass is 31.2. The van der Waals surface area contributed by atoms with Gasteiger partial charge >= 0.3 is 19.8 Å². The van der Waals surface area contributed by atoms with Gasteiger partial charge in [-0.1, -0.05) is 139 Å². The molecule has 0 aliphatic carbocycles. The fraction of sp³-hybridized carbons (Fsp3) is 0.739. The van der Waals surface area contributed by atoms with Crippen molar-refractivity contribution in [1.82, 2.24) is 0 Å². The van der Waals surface area contributed by atoms with E-state index in [-0.39, 0.29) is 32.0 Å². The van der Waals surface area contributed by atoms with Gasteiger partial charge in [0.25, 0.3) is 0 Å². The third-order valence-corrected chi connectivity index (χ3v) is 9.99. The van der Waals surface area contributed by atoms with Gasteiger partial charge in [0.2, 0.25) is 0 Å². The predicted molar refractivity (Wildman–Crippen MR) is 233 cm³/mol. The van der Waals surface area contributed by atoms with Gasteiger partial charge in [-0.05, 0) is 77.0 Å². The van der Waals surface area contributed by atoms with Gasteiger partial charge in [0.15, 0.2) is 6.10 Å². The van der Waals surface area contributed by atoms with Gasteiger partial charge in [0.05, 0.1) is 27.7 Å². The molecule has 0 saturated carbocycles. The highest BCUT2D eigenvalue weighted by molar-refractivity contribution is 7.47. The molecule has 0 aromatic rings. The van der Waals surface area contributed by atoms with Crippen LogP contribution in [0.3, 0.4) is 0 Å². The van der Waals surface area contributed by atoms with Crippen molar-refractivity contribution in [3.05, 3.63) is 60.8 Å². The largest absolute Gasteiger partial charge is 0.472 e. The number of nitrogens with zero attached hydrogens (tertiary/aromatic N) is 1. The molecule has 0 fully saturated rings. The minimum Gasteiger partial charge on any atom is -0.462 e. The molecule has 0 aromatic carbocycles. The third kappa shape index (κ3) is 41.3. The van der Waals surface area contributed by atoms with Crippen molar-refractivity contribution in [3.8, 4) is 0 Å². The van der Waals surface area contributed by atoms with E-state index in [1.54, 1.807) is 0 Å². The quantitative estimate of drug-likeness (QED) is 0.0215. The first-order valence-electron chi connectivity index (χ1n) is 22.0. The molecule has 0 aliphatic rings. The first kappa shape index (κ1) is 53.7. The van der Waals surface area contributed by atoms with Crippen LogP contribution in [0.2, 0.25) is 0 Å². The summed E-state index contributed by atoms with van der Waals surface area (Å²) in [5.74, 6) is -0.844. The van der Waals surface area contributed by atoms with E-state index in [0.717, 1.165) is 77.0 Å². The van der Waals surface area contributed by atoms with Gasteiger partial charge in [-0.3, -0.25) is 18.6 Å². The molecule has 0 spiro atoms. The van der Waals surface area contributed by atoms with Crippen LogP contribution < -0.4 is 0 Å². The number of likely N-dealkylation sites (N-methyl/N-ethyl adjacent to an activating group) is 1. The number of carbonyl (C=O) groups is 2. The number of hydrogen-bond acceptors (Lipinski definition) is 7. The van der Waals surface area contributed by atoms with E-state index in [2.05, 4.69) is 74.6 Å². The Morgan fingerprint density at radius 1 is 0.554 bits per heavy atom. The molecule has 0 amide bonds. The zero-order valence-electron chi connectivity index (χ0n) is 36.3. The molecule has 56 heavy (non-hydrogen) atoms. The van der Waals surface area contributed by atoms with Crippen LogP contribution in [0.1, 0.15) is 168 Å². The van der Waals surface area contributed by atoms with E-state index >= 15 is 0 Å². The SMILES string of the molecule is CCC/C=C/C/C=C/C/C=C/C/C=C/CCCCCC(=O)O[C@H](COC(=O)CCCCCCCCC/C=C/CCCCCC)COP(=O)(O)OCC[N+](C)(C)C. The number of hydrogen-bond donors (Lipinski definition) is 1. The average Bonchev–Trinajstić information content (AvgIpc) is 3.15. The predicted octanol–water partition coefficient (Wildman–Crippen LogP) is 12.5. The van der Waals surface area contributed by atoms with E-state index in [0.29, 0.717) is 17.4 Å². The van der Waals surface area contributed by atoms with Gasteiger partial charge in [-0.2, -0.15) is 0 Å². The summed E-state index contributed by atoms with van der Waals surface area (Å²) in [4.78, 5) is 35.4. The Hall–Kier alpha value is -2.29. The molecule has 1 N–H and O–H groups in total. The highest BCUT2D eigenvalue weighted by Gasteiger charge is 2.27. The minimum absolute atomic E-state index is 0.0221. The maximum absolute atomic E-state index is 12.7. The second-order valence-electron chi connectivity index (χ2n) is 15.7. The molecule has 1 unspecified atom stereocenters. The standard InChI is InChI=1S/C46H82NO8P/c1-6-8-10-12-14-16-18-20-22-23-25-27-29-31-33-35-37-39-46(49)55-44(43-54-56(50,51)53-41-40-47(3,4)5)42-52-45(48)38-36-34-32-30-28-26-24-21-19-17-15-13-11-9-7-2/h10,12,16-19,22-23,27,29,44H,6-9,11,13-15,20-21,24-26,28,30-43H2,1-5H3/p+1/b12-10+,18-16+,19-17+,23-22+,29-27+/t44-/m1/s1. The minimum atomic E-state index is -4.39. The summed E-state index contributed by atoms with van der Waals surface area (Å²) < 4.78 is 34.3. The number of ether oxygens (including phenoxy) is 2. The number of carbonyl (C=O) groups excluding carboxylic acids is 2. The maximum atomic E-state index is 12.7. The zero-order chi connectivity index (χ0) is 41.4. The first-order chi connectivity index (χ1) is 27.0. The molecule has 0 saturated heterocycles. The van der Waals surface area contributed by atoms with E-state index in [1.807, 2.05) is 21.1 Å². The molecule has 0 heterocycles. The third-order valence-electron chi connectivity index (χ3n) is 9.00. The van der Waals surface area contributed by atoms with Crippen LogP contribution in [0.4, 0.5) is 0 Å². The summed E-state index contributed by atoms with van der Waals surface area (Å²) in [5.41, 5.74) is 0. The van der Waals surface area contributed by atoms with Crippen LogP contribution in [0.5, 0.6) is 0 Å². The molecule has 2 atom stereocenters. The lowest BCUT2D eigenvalue weighted by Crippen LogP contribution is -2.37. The van der Waals surface area contributed by atoms with Gasteiger partial charge < -0.3 is 18.9 Å². The number of phosphoric ester groups is 1. The summed E-state index contributed by atoms with van der Waals surface area (Å²) in [6.45, 7) is 4.29. The Kier molecular flexibility index (Phi) is 36.7. The molecular weight excluding hydrogens is 725 g/mol. The van der Waals surface area contributed by atoms with Crippen LogP contribution in [0, 0.1) is 0 Å². The Balaban J connectivity index is 4.44. The van der Waals surface area contributed by atoms with Crippen LogP contribution in [-0.2, 0) is 32.7 Å². The van der Waals surface area contributed by atoms with Gasteiger partial charge in [0, 0.05) is 12.8 Å². The lowest BCUT2D eigenvalue weighted by atomic mass is 10.1. The highest BCUT2D eigenvalue weighted by Crippen LogP contribution is 2.43. The average molecular weight is 809 g/mol. The smallest absolute Gasteiger partial charge is 0.462 e. The lowest BCUT2D eigenvalue weighted by Gasteiger charge is -2.24. The summed E-state index contributed by atoms with van der Waals surface area (Å²) >= 11 is 0. The monoisotopic (exact) mass is 809 g/mol. The Morgan fingerprint density at radius 2 is 1.00 bits per heavy atom. The lowest BCUT2D eigenvalue weighted by molar-refractivity contribution is -0.870. The summed E-state index contributed by atoms with van der Waals surface area (Å²) in [6, 6.07) is 0. The van der Waals surface area contributed by atoms with Crippen molar-refractivity contribution < 1.29 is 42.1 Å². The topological polar surface area (TPSA) is 108 Å². The molecule has 0 radical (unpaired) electrons. The van der Waals surface area contributed by atoms with Crippen molar-refractivity contribution in [2.45, 2.75) is 174 Å². The first-order valence-corrected chi connectivity index (χ1v) is 23.5. The summed E-state index contributed by atoms with van der Waals surface area (Å²) in [7, 11) is 1.44. The molecule has 9 nitrogen and oxygen atoms in total. The van der Waals surface area contributed by atoms with Crippen LogP contribution in [-0.4, -0.2) is 74.9 Å². The number of rotatable bonds is 39. The van der Waals surface area contributed by atoms with Crippen molar-refractivity contribution in [2.24, 2.45) is 0 Å². The number of unbranched alkanes of at least 4 members (excludes halogenated alkanes) is 15. The number of quaternary nitrogens is 1. The molecule has 0 aliphatic heterocycles. The van der Waals surface area contributed by atoms with Crippen LogP contribution in [0.25, 0.3) is 0 Å². The second-order valence-corrected chi connectivity index (χ2v) is 17.2. The van der Waals surface area contributed by atoms with Crippen molar-refractivity contribution in [2.75, 3.05) is 47.5 Å². The number of allylic oxidation sites excluding steroid dienone is 10. The van der Waals surface area contributed by atoms with Crippen LogP contribution >= 0.6 is 7.82 Å². The van der Waals surface area contributed by atoms with Crippen molar-refractivity contribution >= 4 is 19.8 Å². The van der Waals surface area contributed by atoms with Crippen LogP contribution in [0.15, 0.2) is 60.8 Å². The van der Waals surface area contributed by atoms with Crippen molar-refractivity contribution in [3.63, 3.8) is 0 Å². The van der Waals surface area contributed by atoms with Crippen molar-refractivity contribution in [1.29, 1.82) is 0 Å². The Bertz CT molecular complexity index is 1140. The molecule has 0 rings (SSSR count). The molecule has 0 aromatic heterocycles. The van der Waals surface area contributed by atoms with E-state index in [4.69, 9.17) is 18.5 Å². The molecule has 324 valence electrons. The summed E-state index contributed by atoms with van der Waals surface area (Å²) in [5, 5.41) is 0. The van der Waals surface area contributed by atoms with Gasteiger partial charge in [0.1, 0.15) is 19.8 Å². The van der Waals surface area contributed by atoms with E-state index < -0.39 is 26.5 Å². The number of esters is 2. The van der Waals surface area contributed by atoms with E-state index in [9.17, 15) is 19.0 Å². The fourth-order valence-corrected chi connectivity index (χ4v) is 6.27. The molecule has 0 bridgehead atoms. The zero-order valence-corrected chi connectivity index (χ0v) is 37.2. The normalized spacial score (nSPS) is 14.2. The number of phosphoric acid groups is 1. The summed E-state index contributed by atoms with van der Waals surface area (Å²) in [6.07, 6.45) is 45.5.